The van der Waals surface area contributed by atoms with Crippen LogP contribution in [0.2, 0.25) is 0 Å². The quantitative estimate of drug-likeness (QED) is 0.622. The maximum atomic E-state index is 12.9. The van der Waals surface area contributed by atoms with Gasteiger partial charge in [-0.3, -0.25) is 14.3 Å². The molecule has 2 amide bonds. The molecule has 8 nitrogen and oxygen atoms in total. The van der Waals surface area contributed by atoms with Gasteiger partial charge >= 0.3 is 0 Å². The predicted octanol–water partition coefficient (Wildman–Crippen LogP) is 1.60. The molecule has 4 heterocycles. The third kappa shape index (κ3) is 3.25. The topological polar surface area (TPSA) is 95.1 Å². The maximum Gasteiger partial charge on any atom is 0.270 e. The Hall–Kier alpha value is -2.84. The number of hydrogen-bond donors (Lipinski definition) is 3. The van der Waals surface area contributed by atoms with Gasteiger partial charge in [-0.1, -0.05) is 18.2 Å². The highest BCUT2D eigenvalue weighted by Crippen LogP contribution is 2.21. The molecule has 146 valence electrons. The molecule has 0 bridgehead atoms. The van der Waals surface area contributed by atoms with Crippen molar-refractivity contribution in [2.75, 3.05) is 25.0 Å². The fourth-order valence-electron chi connectivity index (χ4n) is 3.56. The van der Waals surface area contributed by atoms with E-state index in [4.69, 9.17) is 0 Å². The molecule has 28 heavy (non-hydrogen) atoms. The van der Waals surface area contributed by atoms with Crippen molar-refractivity contribution in [3.63, 3.8) is 0 Å². The number of carbonyl (C=O) groups is 2. The summed E-state index contributed by atoms with van der Waals surface area (Å²) in [6.45, 7) is 3.10. The van der Waals surface area contributed by atoms with Gasteiger partial charge in [0.15, 0.2) is 5.82 Å². The van der Waals surface area contributed by atoms with Gasteiger partial charge in [-0.25, -0.2) is 0 Å². The van der Waals surface area contributed by atoms with Crippen molar-refractivity contribution in [2.45, 2.75) is 13.1 Å². The first-order valence-electron chi connectivity index (χ1n) is 9.13. The Morgan fingerprint density at radius 3 is 2.71 bits per heavy atom. The first kappa shape index (κ1) is 18.5. The minimum Gasteiger partial charge on any atom is -0.351 e. The number of anilines is 1. The monoisotopic (exact) mass is 400 g/mol. The summed E-state index contributed by atoms with van der Waals surface area (Å²) in [6.07, 6.45) is 0. The Kier molecular flexibility index (Phi) is 4.82. The molecule has 0 saturated carbocycles. The van der Waals surface area contributed by atoms with Crippen LogP contribution in [-0.4, -0.2) is 51.1 Å². The van der Waals surface area contributed by atoms with E-state index in [1.54, 1.807) is 0 Å². The molecule has 1 fully saturated rings. The molecule has 0 atom stereocenters. The van der Waals surface area contributed by atoms with Gasteiger partial charge in [-0.15, -0.1) is 12.4 Å². The van der Waals surface area contributed by atoms with Crippen LogP contribution in [0.1, 0.15) is 16.2 Å². The molecule has 3 N–H and O–H groups in total. The number of rotatable bonds is 3. The summed E-state index contributed by atoms with van der Waals surface area (Å²) in [7, 11) is 0. The predicted molar refractivity (Wildman–Crippen MR) is 108 cm³/mol. The number of hydrogen-bond acceptors (Lipinski definition) is 4. The van der Waals surface area contributed by atoms with Crippen molar-refractivity contribution in [1.82, 2.24) is 25.0 Å². The molecule has 0 spiro atoms. The van der Waals surface area contributed by atoms with Crippen LogP contribution in [0.4, 0.5) is 5.82 Å². The summed E-state index contributed by atoms with van der Waals surface area (Å²) in [4.78, 5) is 30.0. The van der Waals surface area contributed by atoms with Crippen LogP contribution in [0.5, 0.6) is 0 Å². The third-order valence-electron chi connectivity index (χ3n) is 5.25. The molecule has 0 unspecified atom stereocenters. The SMILES string of the molecule is Cl.O=C(Nc1cc2n(n1)CCN(C(=O)c1cc3ccccc3[nH]1)C2)C1CNC1. The second kappa shape index (κ2) is 7.29. The second-order valence-corrected chi connectivity index (χ2v) is 7.09. The smallest absolute Gasteiger partial charge is 0.270 e. The zero-order valence-electron chi connectivity index (χ0n) is 15.1. The fourth-order valence-corrected chi connectivity index (χ4v) is 3.56. The van der Waals surface area contributed by atoms with Crippen LogP contribution in [-0.2, 0) is 17.9 Å². The number of carbonyl (C=O) groups excluding carboxylic acids is 2. The van der Waals surface area contributed by atoms with Crippen molar-refractivity contribution in [1.29, 1.82) is 0 Å². The zero-order valence-corrected chi connectivity index (χ0v) is 16.0. The van der Waals surface area contributed by atoms with Crippen LogP contribution >= 0.6 is 12.4 Å². The number of H-pyrrole nitrogens is 1. The number of nitrogens with one attached hydrogen (secondary N) is 3. The van der Waals surface area contributed by atoms with Gasteiger partial charge in [0.2, 0.25) is 5.91 Å². The van der Waals surface area contributed by atoms with Crippen molar-refractivity contribution in [2.24, 2.45) is 5.92 Å². The second-order valence-electron chi connectivity index (χ2n) is 7.09. The summed E-state index contributed by atoms with van der Waals surface area (Å²) >= 11 is 0. The van der Waals surface area contributed by atoms with E-state index in [1.165, 1.54) is 0 Å². The van der Waals surface area contributed by atoms with Crippen LogP contribution in [0.15, 0.2) is 36.4 Å². The molecule has 3 aromatic rings. The highest BCUT2D eigenvalue weighted by atomic mass is 35.5. The van der Waals surface area contributed by atoms with Crippen molar-refractivity contribution in [3.05, 3.63) is 47.8 Å². The largest absolute Gasteiger partial charge is 0.351 e. The minimum absolute atomic E-state index is 0. The first-order chi connectivity index (χ1) is 13.2. The van der Waals surface area contributed by atoms with Crippen LogP contribution in [0.25, 0.3) is 10.9 Å². The number of para-hydroxylation sites is 1. The standard InChI is InChI=1S/C19H20N6O2.ClH/c26-18(13-9-20-10-13)22-17-8-14-11-24(5-6-25(14)23-17)19(27)16-7-12-3-1-2-4-15(12)21-16;/h1-4,7-8,13,20-21H,5-6,9-11H2,(H,22,23,26);1H. The lowest BCUT2D eigenvalue weighted by atomic mass is 10.0. The molecule has 1 saturated heterocycles. The summed E-state index contributed by atoms with van der Waals surface area (Å²) in [5.74, 6) is 0.547. The molecule has 9 heteroatoms. The van der Waals surface area contributed by atoms with Gasteiger partial charge < -0.3 is 20.5 Å². The van der Waals surface area contributed by atoms with E-state index in [0.29, 0.717) is 44.2 Å². The van der Waals surface area contributed by atoms with Crippen molar-refractivity contribution in [3.8, 4) is 0 Å². The Labute approximate surface area is 167 Å². The molecule has 1 aromatic carbocycles. The number of aromatic amines is 1. The molecule has 0 radical (unpaired) electrons. The van der Waals surface area contributed by atoms with Crippen molar-refractivity contribution >= 4 is 40.9 Å². The van der Waals surface area contributed by atoms with Gasteiger partial charge in [0.1, 0.15) is 5.69 Å². The summed E-state index contributed by atoms with van der Waals surface area (Å²) in [5.41, 5.74) is 2.47. The van der Waals surface area contributed by atoms with E-state index in [1.807, 2.05) is 46.0 Å². The molecule has 0 aliphatic carbocycles. The lowest BCUT2D eigenvalue weighted by molar-refractivity contribution is -0.121. The van der Waals surface area contributed by atoms with Crippen LogP contribution in [0.3, 0.4) is 0 Å². The summed E-state index contributed by atoms with van der Waals surface area (Å²) < 4.78 is 1.86. The van der Waals surface area contributed by atoms with Gasteiger partial charge in [-0.2, -0.15) is 5.10 Å². The molecule has 2 aromatic heterocycles. The van der Waals surface area contributed by atoms with E-state index in [2.05, 4.69) is 20.7 Å². The molecule has 2 aliphatic rings. The van der Waals surface area contributed by atoms with E-state index < -0.39 is 0 Å². The maximum absolute atomic E-state index is 12.9. The lowest BCUT2D eigenvalue weighted by Gasteiger charge is -2.27. The average molecular weight is 401 g/mol. The van der Waals surface area contributed by atoms with E-state index in [0.717, 1.165) is 16.6 Å². The highest BCUT2D eigenvalue weighted by Gasteiger charge is 2.27. The van der Waals surface area contributed by atoms with E-state index in [-0.39, 0.29) is 30.1 Å². The number of amides is 2. The number of aromatic nitrogens is 3. The molecular formula is C19H21ClN6O2. The lowest BCUT2D eigenvalue weighted by Crippen LogP contribution is -2.48. The normalized spacial score (nSPS) is 16.2. The number of fused-ring (bicyclic) bond motifs is 2. The average Bonchev–Trinajstić information content (AvgIpc) is 3.21. The van der Waals surface area contributed by atoms with Crippen molar-refractivity contribution < 1.29 is 9.59 Å². The zero-order chi connectivity index (χ0) is 18.4. The van der Waals surface area contributed by atoms with Gasteiger partial charge in [0.05, 0.1) is 24.7 Å². The third-order valence-corrected chi connectivity index (χ3v) is 5.25. The fraction of sp³-hybridized carbons (Fsp3) is 0.316. The number of benzene rings is 1. The van der Waals surface area contributed by atoms with Gasteiger partial charge in [-0.05, 0) is 12.1 Å². The Morgan fingerprint density at radius 2 is 1.96 bits per heavy atom. The summed E-state index contributed by atoms with van der Waals surface area (Å²) in [6, 6.07) is 11.6. The molecule has 2 aliphatic heterocycles. The Balaban J connectivity index is 0.00000192. The van der Waals surface area contributed by atoms with Gasteiger partial charge in [0.25, 0.3) is 5.91 Å². The van der Waals surface area contributed by atoms with Crippen LogP contribution in [0, 0.1) is 5.92 Å². The highest BCUT2D eigenvalue weighted by molar-refractivity contribution is 5.98. The minimum atomic E-state index is -0.0234. The Bertz CT molecular complexity index is 1010. The van der Waals surface area contributed by atoms with Crippen LogP contribution < -0.4 is 10.6 Å². The van der Waals surface area contributed by atoms with Gasteiger partial charge in [0, 0.05) is 36.6 Å². The van der Waals surface area contributed by atoms with E-state index in [9.17, 15) is 9.59 Å². The summed E-state index contributed by atoms with van der Waals surface area (Å²) in [5, 5.41) is 11.4. The Morgan fingerprint density at radius 1 is 1.14 bits per heavy atom. The number of nitrogens with zero attached hydrogens (tertiary/aromatic N) is 3. The molecular weight excluding hydrogens is 380 g/mol. The first-order valence-corrected chi connectivity index (χ1v) is 9.13. The van der Waals surface area contributed by atoms with E-state index >= 15 is 0 Å². The number of halogens is 1. The molecule has 5 rings (SSSR count).